The molecule has 4 rings (SSSR count). The lowest BCUT2D eigenvalue weighted by molar-refractivity contribution is -0.189. The number of esters is 1. The van der Waals surface area contributed by atoms with Gasteiger partial charge in [0.25, 0.3) is 0 Å². The Hall–Kier alpha value is -3.64. The zero-order valence-corrected chi connectivity index (χ0v) is 18.3. The minimum atomic E-state index is -1.02. The minimum absolute atomic E-state index is 0.150. The van der Waals surface area contributed by atoms with Crippen molar-refractivity contribution in [1.29, 1.82) is 0 Å². The van der Waals surface area contributed by atoms with E-state index in [9.17, 15) is 4.79 Å². The van der Waals surface area contributed by atoms with Gasteiger partial charge in [-0.15, -0.1) is 0 Å². The fourth-order valence-electron chi connectivity index (χ4n) is 4.30. The first-order valence-corrected chi connectivity index (χ1v) is 10.8. The van der Waals surface area contributed by atoms with Gasteiger partial charge in [0.15, 0.2) is 0 Å². The van der Waals surface area contributed by atoms with E-state index in [0.29, 0.717) is 0 Å². The first-order valence-electron chi connectivity index (χ1n) is 10.8. The smallest absolute Gasteiger partial charge is 0.303 e. The first kappa shape index (κ1) is 22.6. The molecule has 0 spiro atoms. The van der Waals surface area contributed by atoms with Gasteiger partial charge in [-0.2, -0.15) is 0 Å². The summed E-state index contributed by atoms with van der Waals surface area (Å²) in [6.07, 6.45) is -1.47. The Balaban J connectivity index is 1.89. The average molecular weight is 444 g/mol. The number of carbonyl (C=O) groups excluding carboxylic acids is 1. The molecule has 0 radical (unpaired) electrons. The number of rotatable bonds is 7. The molecule has 1 aliphatic heterocycles. The first-order chi connectivity index (χ1) is 16.1. The third-order valence-corrected chi connectivity index (χ3v) is 5.69. The van der Waals surface area contributed by atoms with Crippen LogP contribution in [-0.2, 0) is 24.6 Å². The third kappa shape index (κ3) is 4.76. The zero-order valence-electron chi connectivity index (χ0n) is 18.3. The molecule has 3 aromatic rings. The van der Waals surface area contributed by atoms with Crippen LogP contribution in [0.1, 0.15) is 23.6 Å². The molecule has 7 heteroatoms. The van der Waals surface area contributed by atoms with Gasteiger partial charge in [0, 0.05) is 11.8 Å². The molecular weight excluding hydrogens is 418 g/mol. The summed E-state index contributed by atoms with van der Waals surface area (Å²) in [6, 6.07) is 29.0. The highest BCUT2D eigenvalue weighted by molar-refractivity contribution is 5.66. The lowest BCUT2D eigenvalue weighted by atomic mass is 9.79. The zero-order chi connectivity index (χ0) is 23.1. The monoisotopic (exact) mass is 443 g/mol. The van der Waals surface area contributed by atoms with E-state index in [2.05, 4.69) is 10.0 Å². The number of hydrogen-bond donors (Lipinski definition) is 0. The molecule has 3 atom stereocenters. The van der Waals surface area contributed by atoms with Crippen molar-refractivity contribution in [3.05, 3.63) is 118 Å². The largest absolute Gasteiger partial charge is 0.459 e. The topological polar surface area (TPSA) is 93.5 Å². The van der Waals surface area contributed by atoms with Gasteiger partial charge in [0.1, 0.15) is 23.9 Å². The minimum Gasteiger partial charge on any atom is -0.459 e. The number of benzene rings is 3. The summed E-state index contributed by atoms with van der Waals surface area (Å²) in [6.45, 7) is 1.67. The molecule has 0 aliphatic carbocycles. The maximum atomic E-state index is 11.9. The number of ether oxygens (including phenoxy) is 3. The van der Waals surface area contributed by atoms with Gasteiger partial charge in [-0.05, 0) is 22.2 Å². The second-order valence-corrected chi connectivity index (χ2v) is 7.82. The lowest BCUT2D eigenvalue weighted by Crippen LogP contribution is -2.53. The molecule has 3 aromatic carbocycles. The van der Waals surface area contributed by atoms with Gasteiger partial charge < -0.3 is 14.2 Å². The summed E-state index contributed by atoms with van der Waals surface area (Å²) < 4.78 is 18.3. The van der Waals surface area contributed by atoms with Gasteiger partial charge >= 0.3 is 5.97 Å². The summed E-state index contributed by atoms with van der Waals surface area (Å²) in [5, 5.41) is 3.81. The molecule has 1 fully saturated rings. The lowest BCUT2D eigenvalue weighted by Gasteiger charge is -2.43. The van der Waals surface area contributed by atoms with Crippen LogP contribution in [-0.4, -0.2) is 37.4 Å². The van der Waals surface area contributed by atoms with Crippen molar-refractivity contribution in [2.24, 2.45) is 5.11 Å². The molecule has 1 heterocycles. The summed E-state index contributed by atoms with van der Waals surface area (Å²) in [4.78, 5) is 14.8. The van der Waals surface area contributed by atoms with Crippen molar-refractivity contribution < 1.29 is 19.0 Å². The molecule has 0 aromatic heterocycles. The number of nitrogens with zero attached hydrogens (tertiary/aromatic N) is 3. The molecular formula is C26H25N3O4. The van der Waals surface area contributed by atoms with Crippen LogP contribution in [0.25, 0.3) is 10.4 Å². The normalized spacial score (nSPS) is 20.5. The standard InChI is InChI=1S/C26H25N3O4/c1-19(30)32-25-23(28-29-27)17-31-18-24(25)33-26(20-11-5-2-6-12-20,21-13-7-3-8-14-21)22-15-9-4-10-16-22/h2-16,23-25H,17-18H2,1H3/t23-,24-,25+/m0/s1. The molecule has 1 saturated heterocycles. The molecule has 0 N–H and O–H groups in total. The van der Waals surface area contributed by atoms with Gasteiger partial charge in [0.05, 0.1) is 13.2 Å². The van der Waals surface area contributed by atoms with Crippen molar-refractivity contribution in [3.8, 4) is 0 Å². The molecule has 0 saturated carbocycles. The van der Waals surface area contributed by atoms with E-state index >= 15 is 0 Å². The van der Waals surface area contributed by atoms with Crippen LogP contribution < -0.4 is 0 Å². The summed E-state index contributed by atoms with van der Waals surface area (Å²) in [7, 11) is 0. The van der Waals surface area contributed by atoms with Gasteiger partial charge in [0.2, 0.25) is 0 Å². The van der Waals surface area contributed by atoms with Crippen molar-refractivity contribution in [2.75, 3.05) is 13.2 Å². The van der Waals surface area contributed by atoms with Crippen LogP contribution in [0.15, 0.2) is 96.1 Å². The van der Waals surface area contributed by atoms with Crippen LogP contribution in [0.3, 0.4) is 0 Å². The fraction of sp³-hybridized carbons (Fsp3) is 0.269. The van der Waals surface area contributed by atoms with E-state index in [-0.39, 0.29) is 13.2 Å². The number of azide groups is 1. The van der Waals surface area contributed by atoms with Gasteiger partial charge in [-0.25, -0.2) is 0 Å². The third-order valence-electron chi connectivity index (χ3n) is 5.69. The predicted octanol–water partition coefficient (Wildman–Crippen LogP) is 5.00. The maximum Gasteiger partial charge on any atom is 0.303 e. The second-order valence-electron chi connectivity index (χ2n) is 7.82. The fourth-order valence-corrected chi connectivity index (χ4v) is 4.30. The highest BCUT2D eigenvalue weighted by atomic mass is 16.6. The Bertz CT molecular complexity index is 1010. The molecule has 7 nitrogen and oxygen atoms in total. The van der Waals surface area contributed by atoms with E-state index in [1.807, 2.05) is 91.0 Å². The summed E-state index contributed by atoms with van der Waals surface area (Å²) in [5.41, 5.74) is 10.8. The van der Waals surface area contributed by atoms with Crippen molar-refractivity contribution in [2.45, 2.75) is 30.8 Å². The van der Waals surface area contributed by atoms with Crippen LogP contribution >= 0.6 is 0 Å². The summed E-state index contributed by atoms with van der Waals surface area (Å²) >= 11 is 0. The van der Waals surface area contributed by atoms with Crippen molar-refractivity contribution in [3.63, 3.8) is 0 Å². The molecule has 0 amide bonds. The Morgan fingerprint density at radius 2 is 1.39 bits per heavy atom. The van der Waals surface area contributed by atoms with E-state index in [4.69, 9.17) is 19.7 Å². The Kier molecular flexibility index (Phi) is 7.05. The Labute approximate surface area is 192 Å². The number of carbonyl (C=O) groups is 1. The average Bonchev–Trinajstić information content (AvgIpc) is 2.86. The van der Waals surface area contributed by atoms with E-state index in [1.54, 1.807) is 0 Å². The molecule has 0 bridgehead atoms. The maximum absolute atomic E-state index is 11.9. The highest BCUT2D eigenvalue weighted by Gasteiger charge is 2.45. The van der Waals surface area contributed by atoms with Gasteiger partial charge in [-0.1, -0.05) is 96.1 Å². The van der Waals surface area contributed by atoms with E-state index < -0.39 is 29.8 Å². The molecule has 168 valence electrons. The highest BCUT2D eigenvalue weighted by Crippen LogP contribution is 2.42. The van der Waals surface area contributed by atoms with Crippen LogP contribution in [0.5, 0.6) is 0 Å². The Morgan fingerprint density at radius 3 is 1.82 bits per heavy atom. The summed E-state index contributed by atoms with van der Waals surface area (Å²) in [5.74, 6) is -0.474. The second kappa shape index (κ2) is 10.3. The molecule has 1 aliphatic rings. The van der Waals surface area contributed by atoms with Crippen LogP contribution in [0, 0.1) is 0 Å². The van der Waals surface area contributed by atoms with E-state index in [0.717, 1.165) is 16.7 Å². The SMILES string of the molecule is CC(=O)O[C@@H]1[C@@H](N=[N+]=[N-])COC[C@@H]1OC(c1ccccc1)(c1ccccc1)c1ccccc1. The predicted molar refractivity (Wildman–Crippen MR) is 123 cm³/mol. The van der Waals surface area contributed by atoms with Crippen molar-refractivity contribution >= 4 is 5.97 Å². The van der Waals surface area contributed by atoms with Crippen LogP contribution in [0.2, 0.25) is 0 Å². The van der Waals surface area contributed by atoms with Crippen molar-refractivity contribution in [1.82, 2.24) is 0 Å². The Morgan fingerprint density at radius 1 is 0.909 bits per heavy atom. The van der Waals surface area contributed by atoms with Crippen LogP contribution in [0.4, 0.5) is 0 Å². The van der Waals surface area contributed by atoms with E-state index in [1.165, 1.54) is 6.92 Å². The quantitative estimate of drug-likeness (QED) is 0.169. The molecule has 33 heavy (non-hydrogen) atoms. The van der Waals surface area contributed by atoms with Gasteiger partial charge in [-0.3, -0.25) is 4.79 Å². The molecule has 0 unspecified atom stereocenters. The number of hydrogen-bond acceptors (Lipinski definition) is 5.